The number of carbonyl (C=O) groups excluding carboxylic acids is 2. The molecule has 0 aliphatic rings. The van der Waals surface area contributed by atoms with E-state index in [1.54, 1.807) is 0 Å². The quantitative estimate of drug-likeness (QED) is 0.336. The number of unbranched alkanes of at least 4 members (excludes halogenated alkanes) is 2. The molecule has 0 aromatic carbocycles. The molecule has 0 atom stereocenters. The highest BCUT2D eigenvalue weighted by Crippen LogP contribution is 1.96. The Labute approximate surface area is 90.8 Å². The summed E-state index contributed by atoms with van der Waals surface area (Å²) in [5.41, 5.74) is 5.29. The summed E-state index contributed by atoms with van der Waals surface area (Å²) in [5, 5.41) is 5.87. The minimum atomic E-state index is 0.0513. The lowest BCUT2D eigenvalue weighted by atomic mass is 10.2. The van der Waals surface area contributed by atoms with Crippen LogP contribution in [-0.2, 0) is 9.59 Å². The number of nitrogens with one attached hydrogen (secondary N) is 2. The van der Waals surface area contributed by atoms with Gasteiger partial charge in [0.15, 0.2) is 0 Å². The van der Waals surface area contributed by atoms with Crippen molar-refractivity contribution >= 4 is 12.2 Å². The Balaban J connectivity index is 3.15. The van der Waals surface area contributed by atoms with Crippen molar-refractivity contribution < 1.29 is 9.59 Å². The zero-order valence-electron chi connectivity index (χ0n) is 9.13. The largest absolute Gasteiger partial charge is 0.355 e. The van der Waals surface area contributed by atoms with Gasteiger partial charge in [-0.2, -0.15) is 0 Å². The number of nitrogens with two attached hydrogens (primary N) is 1. The van der Waals surface area contributed by atoms with E-state index in [1.807, 2.05) is 0 Å². The first-order valence-corrected chi connectivity index (χ1v) is 5.42. The summed E-state index contributed by atoms with van der Waals surface area (Å²) in [4.78, 5) is 21.2. The molecule has 88 valence electrons. The van der Waals surface area contributed by atoms with Gasteiger partial charge < -0.3 is 21.2 Å². The molecule has 0 fully saturated rings. The van der Waals surface area contributed by atoms with Crippen LogP contribution in [0.5, 0.6) is 0 Å². The van der Waals surface area contributed by atoms with Crippen LogP contribution in [0.4, 0.5) is 0 Å². The molecule has 0 aromatic rings. The number of carbonyl (C=O) groups is 2. The van der Waals surface area contributed by atoms with Crippen LogP contribution in [0.15, 0.2) is 0 Å². The van der Waals surface area contributed by atoms with Gasteiger partial charge in [-0.05, 0) is 12.8 Å². The standard InChI is InChI=1S/C10H21N3O2/c11-5-6-12-7-8-13-10(15)4-2-1-3-9-14/h9,12H,1-8,11H2,(H,13,15). The molecule has 0 aliphatic carbocycles. The average Bonchev–Trinajstić information content (AvgIpc) is 2.24. The minimum Gasteiger partial charge on any atom is -0.355 e. The molecule has 0 saturated carbocycles. The summed E-state index contributed by atoms with van der Waals surface area (Å²) in [6.45, 7) is 2.76. The average molecular weight is 215 g/mol. The van der Waals surface area contributed by atoms with Crippen molar-refractivity contribution in [2.24, 2.45) is 5.73 Å². The van der Waals surface area contributed by atoms with E-state index >= 15 is 0 Å². The van der Waals surface area contributed by atoms with Crippen LogP contribution >= 0.6 is 0 Å². The molecule has 0 saturated heterocycles. The molecule has 0 bridgehead atoms. The molecule has 0 rings (SSSR count). The molecule has 0 radical (unpaired) electrons. The molecule has 15 heavy (non-hydrogen) atoms. The highest BCUT2D eigenvalue weighted by Gasteiger charge is 1.99. The van der Waals surface area contributed by atoms with Crippen LogP contribution in [0.3, 0.4) is 0 Å². The third-order valence-corrected chi connectivity index (χ3v) is 1.92. The minimum absolute atomic E-state index is 0.0513. The van der Waals surface area contributed by atoms with Crippen molar-refractivity contribution in [2.75, 3.05) is 26.2 Å². The lowest BCUT2D eigenvalue weighted by Gasteiger charge is -2.05. The topological polar surface area (TPSA) is 84.2 Å². The van der Waals surface area contributed by atoms with Crippen molar-refractivity contribution in [1.29, 1.82) is 0 Å². The molecule has 4 N–H and O–H groups in total. The molecule has 5 heteroatoms. The molecule has 0 unspecified atom stereocenters. The summed E-state index contributed by atoms with van der Waals surface area (Å²) in [5.74, 6) is 0.0513. The van der Waals surface area contributed by atoms with Gasteiger partial charge in [-0.1, -0.05) is 0 Å². The molecule has 0 aliphatic heterocycles. The summed E-state index contributed by atoms with van der Waals surface area (Å²) < 4.78 is 0. The second-order valence-corrected chi connectivity index (χ2v) is 3.30. The van der Waals surface area contributed by atoms with Crippen molar-refractivity contribution in [1.82, 2.24) is 10.6 Å². The second kappa shape index (κ2) is 11.1. The van der Waals surface area contributed by atoms with Crippen LogP contribution in [0, 0.1) is 0 Å². The maximum atomic E-state index is 11.2. The third-order valence-electron chi connectivity index (χ3n) is 1.92. The first kappa shape index (κ1) is 14.1. The summed E-state index contributed by atoms with van der Waals surface area (Å²) >= 11 is 0. The molecule has 0 aromatic heterocycles. The SMILES string of the molecule is NCCNCCNC(=O)CCCCC=O. The Morgan fingerprint density at radius 3 is 2.67 bits per heavy atom. The van der Waals surface area contributed by atoms with E-state index in [1.165, 1.54) is 0 Å². The Bertz CT molecular complexity index is 174. The Kier molecular flexibility index (Phi) is 10.4. The van der Waals surface area contributed by atoms with E-state index < -0.39 is 0 Å². The van der Waals surface area contributed by atoms with Crippen molar-refractivity contribution in [3.8, 4) is 0 Å². The van der Waals surface area contributed by atoms with Gasteiger partial charge in [0.1, 0.15) is 6.29 Å². The van der Waals surface area contributed by atoms with Crippen molar-refractivity contribution in [3.63, 3.8) is 0 Å². The maximum Gasteiger partial charge on any atom is 0.220 e. The molecule has 0 heterocycles. The normalized spacial score (nSPS) is 9.93. The number of rotatable bonds is 10. The van der Waals surface area contributed by atoms with Gasteiger partial charge in [0.2, 0.25) is 5.91 Å². The fourth-order valence-electron chi connectivity index (χ4n) is 1.12. The Morgan fingerprint density at radius 1 is 1.20 bits per heavy atom. The zero-order valence-corrected chi connectivity index (χ0v) is 9.13. The van der Waals surface area contributed by atoms with Crippen LogP contribution in [-0.4, -0.2) is 38.4 Å². The highest BCUT2D eigenvalue weighted by atomic mass is 16.1. The smallest absolute Gasteiger partial charge is 0.220 e. The first-order chi connectivity index (χ1) is 7.31. The third kappa shape index (κ3) is 11.0. The van der Waals surface area contributed by atoms with E-state index in [2.05, 4.69) is 10.6 Å². The number of aldehydes is 1. The summed E-state index contributed by atoms with van der Waals surface area (Å²) in [7, 11) is 0. The number of hydrogen-bond donors (Lipinski definition) is 3. The van der Waals surface area contributed by atoms with Crippen LogP contribution in [0.2, 0.25) is 0 Å². The fourth-order valence-corrected chi connectivity index (χ4v) is 1.12. The lowest BCUT2D eigenvalue weighted by molar-refractivity contribution is -0.121. The van der Waals surface area contributed by atoms with Crippen molar-refractivity contribution in [3.05, 3.63) is 0 Å². The highest BCUT2D eigenvalue weighted by molar-refractivity contribution is 5.75. The van der Waals surface area contributed by atoms with Gasteiger partial charge >= 0.3 is 0 Å². The molecule has 1 amide bonds. The summed E-state index contributed by atoms with van der Waals surface area (Å²) in [6.07, 6.45) is 3.51. The summed E-state index contributed by atoms with van der Waals surface area (Å²) in [6, 6.07) is 0. The van der Waals surface area contributed by atoms with Gasteiger partial charge in [-0.3, -0.25) is 4.79 Å². The van der Waals surface area contributed by atoms with E-state index in [9.17, 15) is 9.59 Å². The zero-order chi connectivity index (χ0) is 11.4. The second-order valence-electron chi connectivity index (χ2n) is 3.30. The van der Waals surface area contributed by atoms with Gasteiger partial charge in [0.25, 0.3) is 0 Å². The maximum absolute atomic E-state index is 11.2. The van der Waals surface area contributed by atoms with Gasteiger partial charge in [0, 0.05) is 39.0 Å². The molecular weight excluding hydrogens is 194 g/mol. The Hall–Kier alpha value is -0.940. The van der Waals surface area contributed by atoms with Crippen LogP contribution in [0.1, 0.15) is 25.7 Å². The predicted octanol–water partition coefficient (Wildman–Crippen LogP) is -0.590. The predicted molar refractivity (Wildman–Crippen MR) is 59.5 cm³/mol. The van der Waals surface area contributed by atoms with Gasteiger partial charge in [-0.25, -0.2) is 0 Å². The molecule has 0 spiro atoms. The Morgan fingerprint density at radius 2 is 2.00 bits per heavy atom. The van der Waals surface area contributed by atoms with Gasteiger partial charge in [0.05, 0.1) is 0 Å². The van der Waals surface area contributed by atoms with Crippen LogP contribution in [0.25, 0.3) is 0 Å². The lowest BCUT2D eigenvalue weighted by Crippen LogP contribution is -2.33. The van der Waals surface area contributed by atoms with Crippen molar-refractivity contribution in [2.45, 2.75) is 25.7 Å². The molecule has 5 nitrogen and oxygen atoms in total. The van der Waals surface area contributed by atoms with E-state index in [0.29, 0.717) is 25.9 Å². The van der Waals surface area contributed by atoms with E-state index in [0.717, 1.165) is 32.2 Å². The monoisotopic (exact) mass is 215 g/mol. The van der Waals surface area contributed by atoms with E-state index in [4.69, 9.17) is 5.73 Å². The first-order valence-electron chi connectivity index (χ1n) is 5.42. The molecular formula is C10H21N3O2. The number of amides is 1. The van der Waals surface area contributed by atoms with E-state index in [-0.39, 0.29) is 5.91 Å². The van der Waals surface area contributed by atoms with Gasteiger partial charge in [-0.15, -0.1) is 0 Å². The number of hydrogen-bond acceptors (Lipinski definition) is 4. The van der Waals surface area contributed by atoms with Crippen LogP contribution < -0.4 is 16.4 Å². The fraction of sp³-hybridized carbons (Fsp3) is 0.800.